The molecule has 1 amide bonds. The van der Waals surface area contributed by atoms with E-state index in [4.69, 9.17) is 0 Å². The third-order valence-corrected chi connectivity index (χ3v) is 4.58. The second kappa shape index (κ2) is 8.58. The van der Waals surface area contributed by atoms with Crippen molar-refractivity contribution in [3.8, 4) is 0 Å². The van der Waals surface area contributed by atoms with Crippen molar-refractivity contribution in [2.24, 2.45) is 0 Å². The summed E-state index contributed by atoms with van der Waals surface area (Å²) in [4.78, 5) is 22.6. The highest BCUT2D eigenvalue weighted by atomic mass is 16.1. The fourth-order valence-electron chi connectivity index (χ4n) is 3.05. The van der Waals surface area contributed by atoms with Crippen LogP contribution < -0.4 is 10.6 Å². The van der Waals surface area contributed by atoms with Crippen LogP contribution in [0.3, 0.4) is 0 Å². The van der Waals surface area contributed by atoms with E-state index in [0.717, 1.165) is 19.5 Å². The van der Waals surface area contributed by atoms with Crippen molar-refractivity contribution in [3.05, 3.63) is 53.9 Å². The summed E-state index contributed by atoms with van der Waals surface area (Å²) in [6.07, 6.45) is 4.84. The number of hydrogen-bond acceptors (Lipinski definition) is 5. The molecule has 1 aliphatic rings. The third kappa shape index (κ3) is 5.00. The van der Waals surface area contributed by atoms with Crippen molar-refractivity contribution < 1.29 is 4.79 Å². The van der Waals surface area contributed by atoms with Gasteiger partial charge in [0.15, 0.2) is 0 Å². The highest BCUT2D eigenvalue weighted by molar-refractivity contribution is 5.76. The summed E-state index contributed by atoms with van der Waals surface area (Å²) >= 11 is 0. The van der Waals surface area contributed by atoms with Crippen LogP contribution in [0.2, 0.25) is 0 Å². The lowest BCUT2D eigenvalue weighted by molar-refractivity contribution is -0.121. The zero-order valence-electron chi connectivity index (χ0n) is 14.6. The van der Waals surface area contributed by atoms with Crippen molar-refractivity contribution in [1.29, 1.82) is 0 Å². The van der Waals surface area contributed by atoms with Crippen molar-refractivity contribution >= 4 is 11.9 Å². The number of carbonyl (C=O) groups is 1. The monoisotopic (exact) mass is 339 g/mol. The SMILES string of the molecule is CC(CNC(=O)CCNc1ncccn1)N1CCc2ccccc2C1. The number of rotatable bonds is 7. The summed E-state index contributed by atoms with van der Waals surface area (Å²) in [6.45, 7) is 5.37. The Hall–Kier alpha value is -2.47. The van der Waals surface area contributed by atoms with Crippen LogP contribution in [0.4, 0.5) is 5.95 Å². The Kier molecular flexibility index (Phi) is 5.95. The minimum Gasteiger partial charge on any atom is -0.354 e. The standard InChI is InChI=1S/C19H25N5O/c1-15(24-12-8-16-5-2-3-6-17(16)14-24)13-23-18(25)7-11-22-19-20-9-4-10-21-19/h2-6,9-10,15H,7-8,11-14H2,1H3,(H,23,25)(H,20,21,22). The van der Waals surface area contributed by atoms with Gasteiger partial charge < -0.3 is 10.6 Å². The predicted octanol–water partition coefficient (Wildman–Crippen LogP) is 1.84. The number of carbonyl (C=O) groups excluding carboxylic acids is 1. The first kappa shape index (κ1) is 17.4. The fraction of sp³-hybridized carbons (Fsp3) is 0.421. The molecular weight excluding hydrogens is 314 g/mol. The number of anilines is 1. The smallest absolute Gasteiger partial charge is 0.222 e. The van der Waals surface area contributed by atoms with E-state index in [9.17, 15) is 4.79 Å². The number of amides is 1. The van der Waals surface area contributed by atoms with Crippen LogP contribution in [0.5, 0.6) is 0 Å². The van der Waals surface area contributed by atoms with E-state index >= 15 is 0 Å². The molecule has 2 aromatic rings. The Bertz CT molecular complexity index is 691. The van der Waals surface area contributed by atoms with Gasteiger partial charge in [-0.1, -0.05) is 24.3 Å². The minimum absolute atomic E-state index is 0.0488. The van der Waals surface area contributed by atoms with Gasteiger partial charge in [-0.25, -0.2) is 9.97 Å². The van der Waals surface area contributed by atoms with Crippen LogP contribution in [-0.2, 0) is 17.8 Å². The molecule has 1 aromatic heterocycles. The van der Waals surface area contributed by atoms with Gasteiger partial charge >= 0.3 is 0 Å². The first-order chi connectivity index (χ1) is 12.2. The van der Waals surface area contributed by atoms with Gasteiger partial charge in [-0.15, -0.1) is 0 Å². The third-order valence-electron chi connectivity index (χ3n) is 4.58. The lowest BCUT2D eigenvalue weighted by atomic mass is 9.99. The maximum Gasteiger partial charge on any atom is 0.222 e. The zero-order chi connectivity index (χ0) is 17.5. The molecule has 0 saturated carbocycles. The molecule has 1 aromatic carbocycles. The lowest BCUT2D eigenvalue weighted by Crippen LogP contribution is -2.44. The number of aromatic nitrogens is 2. The summed E-state index contributed by atoms with van der Waals surface area (Å²) in [5.74, 6) is 0.600. The van der Waals surface area contributed by atoms with E-state index < -0.39 is 0 Å². The average Bonchev–Trinajstić information content (AvgIpc) is 2.66. The summed E-state index contributed by atoms with van der Waals surface area (Å²) in [7, 11) is 0. The maximum absolute atomic E-state index is 12.0. The molecule has 0 fully saturated rings. The van der Waals surface area contributed by atoms with Crippen LogP contribution in [-0.4, -0.2) is 46.5 Å². The van der Waals surface area contributed by atoms with Crippen molar-refractivity contribution in [1.82, 2.24) is 20.2 Å². The molecule has 1 atom stereocenters. The normalized spacial score (nSPS) is 15.2. The van der Waals surface area contributed by atoms with E-state index in [2.05, 4.69) is 56.7 Å². The molecule has 0 radical (unpaired) electrons. The zero-order valence-corrected chi connectivity index (χ0v) is 14.6. The van der Waals surface area contributed by atoms with Gasteiger partial charge in [-0.3, -0.25) is 9.69 Å². The number of benzene rings is 1. The number of nitrogens with one attached hydrogen (secondary N) is 2. The second-order valence-corrected chi connectivity index (χ2v) is 6.39. The Morgan fingerprint density at radius 1 is 1.20 bits per heavy atom. The molecule has 1 unspecified atom stereocenters. The molecule has 6 heteroatoms. The van der Waals surface area contributed by atoms with Crippen molar-refractivity contribution in [3.63, 3.8) is 0 Å². The molecule has 132 valence electrons. The molecule has 2 heterocycles. The number of fused-ring (bicyclic) bond motifs is 1. The Balaban J connectivity index is 1.37. The summed E-state index contributed by atoms with van der Waals surface area (Å²) in [6, 6.07) is 10.7. The topological polar surface area (TPSA) is 70.1 Å². The van der Waals surface area contributed by atoms with E-state index in [0.29, 0.717) is 31.5 Å². The molecule has 2 N–H and O–H groups in total. The highest BCUT2D eigenvalue weighted by Crippen LogP contribution is 2.19. The largest absolute Gasteiger partial charge is 0.354 e. The highest BCUT2D eigenvalue weighted by Gasteiger charge is 2.20. The van der Waals surface area contributed by atoms with Crippen molar-refractivity contribution in [2.75, 3.05) is 25.0 Å². The van der Waals surface area contributed by atoms with Crippen LogP contribution in [0.1, 0.15) is 24.5 Å². The first-order valence-corrected chi connectivity index (χ1v) is 8.81. The lowest BCUT2D eigenvalue weighted by Gasteiger charge is -2.33. The molecule has 1 aliphatic heterocycles. The van der Waals surface area contributed by atoms with E-state index in [1.807, 2.05) is 0 Å². The van der Waals surface area contributed by atoms with Gasteiger partial charge in [0, 0.05) is 51.0 Å². The quantitative estimate of drug-likeness (QED) is 0.805. The van der Waals surface area contributed by atoms with E-state index in [1.165, 1.54) is 11.1 Å². The Labute approximate surface area is 148 Å². The van der Waals surface area contributed by atoms with Crippen LogP contribution in [0, 0.1) is 0 Å². The number of hydrogen-bond donors (Lipinski definition) is 2. The molecule has 0 bridgehead atoms. The maximum atomic E-state index is 12.0. The molecule has 25 heavy (non-hydrogen) atoms. The molecule has 3 rings (SSSR count). The van der Waals surface area contributed by atoms with Gasteiger partial charge in [0.25, 0.3) is 0 Å². The van der Waals surface area contributed by atoms with Gasteiger partial charge in [0.05, 0.1) is 0 Å². The first-order valence-electron chi connectivity index (χ1n) is 8.81. The van der Waals surface area contributed by atoms with Crippen LogP contribution in [0.25, 0.3) is 0 Å². The molecule has 6 nitrogen and oxygen atoms in total. The molecule has 0 spiro atoms. The minimum atomic E-state index is 0.0488. The molecular formula is C19H25N5O. The summed E-state index contributed by atoms with van der Waals surface area (Å²) < 4.78 is 0. The van der Waals surface area contributed by atoms with Crippen LogP contribution in [0.15, 0.2) is 42.7 Å². The molecule has 0 aliphatic carbocycles. The second-order valence-electron chi connectivity index (χ2n) is 6.39. The Morgan fingerprint density at radius 2 is 1.96 bits per heavy atom. The van der Waals surface area contributed by atoms with Gasteiger partial charge in [-0.2, -0.15) is 0 Å². The molecule has 0 saturated heterocycles. The summed E-state index contributed by atoms with van der Waals surface area (Å²) in [5, 5.41) is 6.07. The predicted molar refractivity (Wildman–Crippen MR) is 98.2 cm³/mol. The fourth-order valence-corrected chi connectivity index (χ4v) is 3.05. The van der Waals surface area contributed by atoms with E-state index in [1.54, 1.807) is 18.5 Å². The van der Waals surface area contributed by atoms with Gasteiger partial charge in [0.1, 0.15) is 0 Å². The van der Waals surface area contributed by atoms with Crippen LogP contribution >= 0.6 is 0 Å². The Morgan fingerprint density at radius 3 is 2.76 bits per heavy atom. The van der Waals surface area contributed by atoms with Crippen molar-refractivity contribution in [2.45, 2.75) is 32.4 Å². The number of nitrogens with zero attached hydrogens (tertiary/aromatic N) is 3. The van der Waals surface area contributed by atoms with Gasteiger partial charge in [-0.05, 0) is 30.5 Å². The summed E-state index contributed by atoms with van der Waals surface area (Å²) in [5.41, 5.74) is 2.85. The van der Waals surface area contributed by atoms with Gasteiger partial charge in [0.2, 0.25) is 11.9 Å². The average molecular weight is 339 g/mol. The van der Waals surface area contributed by atoms with E-state index in [-0.39, 0.29) is 5.91 Å².